The lowest BCUT2D eigenvalue weighted by Crippen LogP contribution is -2.36. The summed E-state index contributed by atoms with van der Waals surface area (Å²) in [4.78, 5) is 7.57. The molecule has 2 aliphatic heterocycles. The second kappa shape index (κ2) is 8.60. The standard InChI is InChI=1S/C21H39N5O/c1-17-18(15-26(22-17)21(2,3)4)11-25-13-19(20(14-25)16-27)12-24-8-6-7-23(5)9-10-24/h15,19-20,27H,6-14,16H2,1-5H3. The Labute approximate surface area is 165 Å². The van der Waals surface area contributed by atoms with Gasteiger partial charge in [0.1, 0.15) is 0 Å². The van der Waals surface area contributed by atoms with E-state index in [-0.39, 0.29) is 5.54 Å². The molecule has 0 radical (unpaired) electrons. The Bertz CT molecular complexity index is 608. The first-order valence-corrected chi connectivity index (χ1v) is 10.6. The molecule has 1 N–H and O–H groups in total. The van der Waals surface area contributed by atoms with Crippen LogP contribution in [0.1, 0.15) is 38.4 Å². The number of aryl methyl sites for hydroxylation is 1. The van der Waals surface area contributed by atoms with E-state index in [1.807, 2.05) is 0 Å². The molecule has 0 aliphatic carbocycles. The van der Waals surface area contributed by atoms with Crippen LogP contribution in [0, 0.1) is 18.8 Å². The van der Waals surface area contributed by atoms with Crippen LogP contribution in [-0.2, 0) is 12.1 Å². The lowest BCUT2D eigenvalue weighted by atomic mass is 9.96. The summed E-state index contributed by atoms with van der Waals surface area (Å²) in [5.74, 6) is 0.959. The van der Waals surface area contributed by atoms with Gasteiger partial charge < -0.3 is 14.9 Å². The molecule has 2 aliphatic rings. The average Bonchev–Trinajstić information content (AvgIpc) is 3.08. The van der Waals surface area contributed by atoms with E-state index >= 15 is 0 Å². The third kappa shape index (κ3) is 5.31. The van der Waals surface area contributed by atoms with Gasteiger partial charge >= 0.3 is 0 Å². The first-order chi connectivity index (χ1) is 12.8. The van der Waals surface area contributed by atoms with Crippen LogP contribution in [0.25, 0.3) is 0 Å². The van der Waals surface area contributed by atoms with E-state index in [2.05, 4.69) is 60.3 Å². The molecule has 2 fully saturated rings. The monoisotopic (exact) mass is 377 g/mol. The molecule has 2 atom stereocenters. The molecule has 3 rings (SSSR count). The summed E-state index contributed by atoms with van der Waals surface area (Å²) < 4.78 is 2.09. The van der Waals surface area contributed by atoms with Crippen LogP contribution in [-0.4, -0.2) is 89.1 Å². The van der Waals surface area contributed by atoms with Crippen molar-refractivity contribution in [1.29, 1.82) is 0 Å². The SMILES string of the molecule is Cc1nn(C(C)(C)C)cc1CN1CC(CO)C(CN2CCCN(C)CC2)C1. The molecule has 0 saturated carbocycles. The van der Waals surface area contributed by atoms with Crippen LogP contribution in [0.15, 0.2) is 6.20 Å². The first kappa shape index (κ1) is 20.8. The predicted octanol–water partition coefficient (Wildman–Crippen LogP) is 1.62. The van der Waals surface area contributed by atoms with E-state index in [1.54, 1.807) is 0 Å². The van der Waals surface area contributed by atoms with Crippen LogP contribution in [0.2, 0.25) is 0 Å². The van der Waals surface area contributed by atoms with Gasteiger partial charge in [-0.1, -0.05) is 0 Å². The van der Waals surface area contributed by atoms with Crippen molar-refractivity contribution in [2.45, 2.75) is 46.2 Å². The van der Waals surface area contributed by atoms with Gasteiger partial charge in [0.15, 0.2) is 0 Å². The van der Waals surface area contributed by atoms with Crippen LogP contribution in [0.4, 0.5) is 0 Å². The summed E-state index contributed by atoms with van der Waals surface area (Å²) in [5, 5.41) is 14.7. The Morgan fingerprint density at radius 3 is 2.48 bits per heavy atom. The molecule has 6 heteroatoms. The number of hydrogen-bond acceptors (Lipinski definition) is 5. The largest absolute Gasteiger partial charge is 0.396 e. The number of likely N-dealkylation sites (tertiary alicyclic amines) is 1. The fraction of sp³-hybridized carbons (Fsp3) is 0.857. The average molecular weight is 378 g/mol. The van der Waals surface area contributed by atoms with Crippen molar-refractivity contribution in [2.24, 2.45) is 11.8 Å². The van der Waals surface area contributed by atoms with Crippen LogP contribution in [0.5, 0.6) is 0 Å². The third-order valence-corrected chi connectivity index (χ3v) is 6.27. The topological polar surface area (TPSA) is 47.8 Å². The van der Waals surface area contributed by atoms with E-state index in [0.717, 1.165) is 45.0 Å². The van der Waals surface area contributed by atoms with Gasteiger partial charge in [-0.05, 0) is 66.1 Å². The number of nitrogens with zero attached hydrogens (tertiary/aromatic N) is 5. The summed E-state index contributed by atoms with van der Waals surface area (Å²) in [6.45, 7) is 17.8. The van der Waals surface area contributed by atoms with E-state index in [9.17, 15) is 5.11 Å². The van der Waals surface area contributed by atoms with Gasteiger partial charge in [0.25, 0.3) is 0 Å². The maximum Gasteiger partial charge on any atom is 0.0638 e. The zero-order valence-corrected chi connectivity index (χ0v) is 18.0. The maximum atomic E-state index is 9.94. The van der Waals surface area contributed by atoms with Crippen molar-refractivity contribution in [2.75, 3.05) is 59.5 Å². The van der Waals surface area contributed by atoms with E-state index in [4.69, 9.17) is 5.10 Å². The molecule has 0 amide bonds. The van der Waals surface area contributed by atoms with Crippen LogP contribution < -0.4 is 0 Å². The smallest absolute Gasteiger partial charge is 0.0638 e. The Hall–Kier alpha value is -0.950. The lowest BCUT2D eigenvalue weighted by Gasteiger charge is -2.26. The number of aromatic nitrogens is 2. The molecule has 0 spiro atoms. The molecule has 27 heavy (non-hydrogen) atoms. The minimum absolute atomic E-state index is 0.0180. The molecule has 2 unspecified atom stereocenters. The highest BCUT2D eigenvalue weighted by molar-refractivity contribution is 5.16. The third-order valence-electron chi connectivity index (χ3n) is 6.27. The summed E-state index contributed by atoms with van der Waals surface area (Å²) in [6.07, 6.45) is 3.46. The molecule has 1 aromatic rings. The number of aliphatic hydroxyl groups excluding tert-OH is 1. The van der Waals surface area contributed by atoms with E-state index in [1.165, 1.54) is 25.1 Å². The van der Waals surface area contributed by atoms with Crippen molar-refractivity contribution in [3.05, 3.63) is 17.5 Å². The normalized spacial score (nSPS) is 26.6. The molecular weight excluding hydrogens is 338 g/mol. The maximum absolute atomic E-state index is 9.94. The Morgan fingerprint density at radius 1 is 1.07 bits per heavy atom. The zero-order chi connectivity index (χ0) is 19.6. The molecular formula is C21H39N5O. The van der Waals surface area contributed by atoms with Crippen LogP contribution in [0.3, 0.4) is 0 Å². The summed E-state index contributed by atoms with van der Waals surface area (Å²) in [7, 11) is 2.22. The molecule has 1 aromatic heterocycles. The van der Waals surface area contributed by atoms with Crippen molar-refractivity contribution in [3.8, 4) is 0 Å². The minimum Gasteiger partial charge on any atom is -0.396 e. The first-order valence-electron chi connectivity index (χ1n) is 10.6. The van der Waals surface area contributed by atoms with E-state index < -0.39 is 0 Å². The van der Waals surface area contributed by atoms with Gasteiger partial charge in [-0.15, -0.1) is 0 Å². The Balaban J connectivity index is 1.60. The fourth-order valence-electron chi connectivity index (χ4n) is 4.43. The molecule has 154 valence electrons. The second-order valence-corrected chi connectivity index (χ2v) is 9.71. The molecule has 2 saturated heterocycles. The van der Waals surface area contributed by atoms with Crippen molar-refractivity contribution < 1.29 is 5.11 Å². The van der Waals surface area contributed by atoms with Gasteiger partial charge in [0, 0.05) is 57.6 Å². The highest BCUT2D eigenvalue weighted by Gasteiger charge is 2.34. The molecule has 6 nitrogen and oxygen atoms in total. The van der Waals surface area contributed by atoms with Crippen LogP contribution >= 0.6 is 0 Å². The number of hydrogen-bond donors (Lipinski definition) is 1. The van der Waals surface area contributed by atoms with Crippen molar-refractivity contribution in [3.63, 3.8) is 0 Å². The summed E-state index contributed by atoms with van der Waals surface area (Å²) in [6, 6.07) is 0. The Kier molecular flexibility index (Phi) is 6.62. The summed E-state index contributed by atoms with van der Waals surface area (Å²) >= 11 is 0. The quantitative estimate of drug-likeness (QED) is 0.845. The minimum atomic E-state index is 0.0180. The fourth-order valence-corrected chi connectivity index (χ4v) is 4.43. The zero-order valence-electron chi connectivity index (χ0n) is 18.0. The van der Waals surface area contributed by atoms with Gasteiger partial charge in [-0.2, -0.15) is 5.10 Å². The molecule has 0 bridgehead atoms. The van der Waals surface area contributed by atoms with Gasteiger partial charge in [0.2, 0.25) is 0 Å². The van der Waals surface area contributed by atoms with Gasteiger partial charge in [0.05, 0.1) is 11.2 Å². The second-order valence-electron chi connectivity index (χ2n) is 9.71. The molecule has 0 aromatic carbocycles. The van der Waals surface area contributed by atoms with Gasteiger partial charge in [-0.25, -0.2) is 0 Å². The molecule has 3 heterocycles. The number of likely N-dealkylation sites (N-methyl/N-ethyl adjacent to an activating group) is 1. The predicted molar refractivity (Wildman–Crippen MR) is 110 cm³/mol. The lowest BCUT2D eigenvalue weighted by molar-refractivity contribution is 0.165. The number of rotatable bonds is 5. The highest BCUT2D eigenvalue weighted by atomic mass is 16.3. The summed E-state index contributed by atoms with van der Waals surface area (Å²) in [5.41, 5.74) is 2.47. The van der Waals surface area contributed by atoms with Crippen molar-refractivity contribution in [1.82, 2.24) is 24.5 Å². The van der Waals surface area contributed by atoms with Gasteiger partial charge in [-0.3, -0.25) is 9.58 Å². The highest BCUT2D eigenvalue weighted by Crippen LogP contribution is 2.27. The van der Waals surface area contributed by atoms with Crippen molar-refractivity contribution >= 4 is 0 Å². The Morgan fingerprint density at radius 2 is 1.81 bits per heavy atom. The van der Waals surface area contributed by atoms with E-state index in [0.29, 0.717) is 18.4 Å². The number of aliphatic hydroxyl groups is 1.